The molecular formula is C21H23N3O2. The monoisotopic (exact) mass is 349 g/mol. The average Bonchev–Trinajstić information content (AvgIpc) is 3.18. The minimum Gasteiger partial charge on any atom is -0.446 e. The first-order chi connectivity index (χ1) is 12.7. The number of aromatic nitrogens is 1. The molecule has 26 heavy (non-hydrogen) atoms. The van der Waals surface area contributed by atoms with E-state index < -0.39 is 0 Å². The van der Waals surface area contributed by atoms with E-state index in [-0.39, 0.29) is 23.7 Å². The van der Waals surface area contributed by atoms with E-state index >= 15 is 0 Å². The van der Waals surface area contributed by atoms with Gasteiger partial charge >= 0.3 is 0 Å². The molecule has 0 aliphatic carbocycles. The summed E-state index contributed by atoms with van der Waals surface area (Å²) in [7, 11) is 0. The van der Waals surface area contributed by atoms with Crippen LogP contribution in [0.2, 0.25) is 0 Å². The maximum Gasteiger partial charge on any atom is 0.273 e. The molecule has 1 aromatic heterocycles. The number of nitrogens with zero attached hydrogens (tertiary/aromatic N) is 1. The Kier molecular flexibility index (Phi) is 5.81. The van der Waals surface area contributed by atoms with E-state index in [9.17, 15) is 4.79 Å². The third-order valence-corrected chi connectivity index (χ3v) is 4.21. The molecule has 1 atom stereocenters. The minimum absolute atomic E-state index is 0.239. The van der Waals surface area contributed by atoms with Gasteiger partial charge in [0.1, 0.15) is 6.26 Å². The van der Waals surface area contributed by atoms with Crippen LogP contribution in [0.1, 0.15) is 59.4 Å². The molecule has 0 saturated heterocycles. The molecule has 0 bridgehead atoms. The van der Waals surface area contributed by atoms with Gasteiger partial charge in [0.15, 0.2) is 5.69 Å². The van der Waals surface area contributed by atoms with Crippen LogP contribution in [-0.2, 0) is 0 Å². The van der Waals surface area contributed by atoms with Crippen molar-refractivity contribution in [1.29, 1.82) is 0 Å². The van der Waals surface area contributed by atoms with Gasteiger partial charge < -0.3 is 15.5 Å². The van der Waals surface area contributed by atoms with Crippen LogP contribution in [0, 0.1) is 0 Å². The van der Waals surface area contributed by atoms with Crippen molar-refractivity contribution in [3.63, 3.8) is 0 Å². The van der Waals surface area contributed by atoms with Crippen molar-refractivity contribution >= 4 is 5.91 Å². The number of nitrogens with two attached hydrogens (primary N) is 1. The number of hydrogen-bond acceptors (Lipinski definition) is 4. The van der Waals surface area contributed by atoms with Gasteiger partial charge in [-0.3, -0.25) is 4.79 Å². The summed E-state index contributed by atoms with van der Waals surface area (Å²) in [5.74, 6) is 0.106. The summed E-state index contributed by atoms with van der Waals surface area (Å²) in [4.78, 5) is 17.0. The molecule has 134 valence electrons. The lowest BCUT2D eigenvalue weighted by Gasteiger charge is -2.19. The highest BCUT2D eigenvalue weighted by Gasteiger charge is 2.21. The third-order valence-electron chi connectivity index (χ3n) is 4.21. The first kappa shape index (κ1) is 17.9. The zero-order valence-electron chi connectivity index (χ0n) is 14.8. The van der Waals surface area contributed by atoms with Crippen LogP contribution in [0.25, 0.3) is 0 Å². The van der Waals surface area contributed by atoms with Gasteiger partial charge in [0, 0.05) is 0 Å². The Labute approximate surface area is 153 Å². The molecule has 5 heteroatoms. The van der Waals surface area contributed by atoms with E-state index in [0.717, 1.165) is 24.0 Å². The summed E-state index contributed by atoms with van der Waals surface area (Å²) in [6, 6.07) is 19.1. The maximum absolute atomic E-state index is 12.7. The minimum atomic E-state index is -0.291. The number of nitrogens with one attached hydrogen (secondary N) is 1. The van der Waals surface area contributed by atoms with Crippen molar-refractivity contribution in [2.75, 3.05) is 0 Å². The molecule has 0 radical (unpaired) electrons. The highest BCUT2D eigenvalue weighted by molar-refractivity contribution is 5.92. The Morgan fingerprint density at radius 2 is 1.65 bits per heavy atom. The fourth-order valence-electron chi connectivity index (χ4n) is 2.85. The van der Waals surface area contributed by atoms with E-state index in [1.807, 2.05) is 67.6 Å². The lowest BCUT2D eigenvalue weighted by Crippen LogP contribution is -2.29. The molecule has 1 unspecified atom stereocenters. The van der Waals surface area contributed by atoms with Gasteiger partial charge in [-0.1, -0.05) is 74.0 Å². The number of oxazole rings is 1. The summed E-state index contributed by atoms with van der Waals surface area (Å²) < 4.78 is 5.40. The number of benzene rings is 2. The van der Waals surface area contributed by atoms with Gasteiger partial charge in [0.2, 0.25) is 5.89 Å². The Morgan fingerprint density at radius 3 is 2.19 bits per heavy atom. The standard InChI is InChI=1S/C21H23N3O2/c1-2-9-17(22)21-23-18(14-26-21)20(25)24-19(15-10-5-3-6-11-15)16-12-7-4-8-13-16/h3-8,10-14,17,19H,2,9,22H2,1H3,(H,24,25). The molecule has 0 aliphatic heterocycles. The van der Waals surface area contributed by atoms with E-state index in [1.165, 1.54) is 6.26 Å². The second kappa shape index (κ2) is 8.45. The molecule has 0 fully saturated rings. The fourth-order valence-corrected chi connectivity index (χ4v) is 2.85. The van der Waals surface area contributed by atoms with Crippen molar-refractivity contribution in [3.05, 3.63) is 89.6 Å². The lowest BCUT2D eigenvalue weighted by atomic mass is 9.98. The smallest absolute Gasteiger partial charge is 0.273 e. The lowest BCUT2D eigenvalue weighted by molar-refractivity contribution is 0.0938. The summed E-state index contributed by atoms with van der Waals surface area (Å²) in [6.07, 6.45) is 3.06. The zero-order chi connectivity index (χ0) is 18.4. The number of carbonyl (C=O) groups is 1. The maximum atomic E-state index is 12.7. The van der Waals surface area contributed by atoms with Crippen LogP contribution in [-0.4, -0.2) is 10.9 Å². The molecule has 3 aromatic rings. The van der Waals surface area contributed by atoms with Crippen LogP contribution in [0.4, 0.5) is 0 Å². The molecule has 3 rings (SSSR count). The Balaban J connectivity index is 1.82. The van der Waals surface area contributed by atoms with Crippen molar-refractivity contribution in [2.45, 2.75) is 31.8 Å². The molecule has 2 aromatic carbocycles. The summed E-state index contributed by atoms with van der Waals surface area (Å²) in [5.41, 5.74) is 8.25. The third kappa shape index (κ3) is 4.18. The van der Waals surface area contributed by atoms with Crippen LogP contribution in [0.15, 0.2) is 71.3 Å². The summed E-state index contributed by atoms with van der Waals surface area (Å²) in [6.45, 7) is 2.04. The molecule has 0 spiro atoms. The molecular weight excluding hydrogens is 326 g/mol. The molecule has 5 nitrogen and oxygen atoms in total. The van der Waals surface area contributed by atoms with Gasteiger partial charge in [-0.2, -0.15) is 0 Å². The van der Waals surface area contributed by atoms with E-state index in [2.05, 4.69) is 10.3 Å². The molecule has 3 N–H and O–H groups in total. The average molecular weight is 349 g/mol. The van der Waals surface area contributed by atoms with Gasteiger partial charge in [-0.05, 0) is 17.5 Å². The van der Waals surface area contributed by atoms with Crippen molar-refractivity contribution in [3.8, 4) is 0 Å². The number of carbonyl (C=O) groups excluding carboxylic acids is 1. The first-order valence-corrected chi connectivity index (χ1v) is 8.80. The van der Waals surface area contributed by atoms with E-state index in [1.54, 1.807) is 0 Å². The highest BCUT2D eigenvalue weighted by atomic mass is 16.3. The normalized spacial score (nSPS) is 12.1. The largest absolute Gasteiger partial charge is 0.446 e. The topological polar surface area (TPSA) is 81.1 Å². The van der Waals surface area contributed by atoms with Gasteiger partial charge in [-0.25, -0.2) is 4.98 Å². The van der Waals surface area contributed by atoms with E-state index in [4.69, 9.17) is 10.2 Å². The molecule has 0 saturated carbocycles. The fraction of sp³-hybridized carbons (Fsp3) is 0.238. The van der Waals surface area contributed by atoms with Crippen molar-refractivity contribution in [1.82, 2.24) is 10.3 Å². The van der Waals surface area contributed by atoms with E-state index in [0.29, 0.717) is 5.89 Å². The van der Waals surface area contributed by atoms with Crippen molar-refractivity contribution in [2.24, 2.45) is 5.73 Å². The number of rotatable bonds is 7. The zero-order valence-corrected chi connectivity index (χ0v) is 14.8. The number of amides is 1. The SMILES string of the molecule is CCCC(N)c1nc(C(=O)NC(c2ccccc2)c2ccccc2)co1. The number of hydrogen-bond donors (Lipinski definition) is 2. The Hall–Kier alpha value is -2.92. The predicted octanol–water partition coefficient (Wildman–Crippen LogP) is 3.99. The Morgan fingerprint density at radius 1 is 1.08 bits per heavy atom. The molecule has 0 aliphatic rings. The summed E-state index contributed by atoms with van der Waals surface area (Å²) >= 11 is 0. The summed E-state index contributed by atoms with van der Waals surface area (Å²) in [5, 5.41) is 3.05. The molecule has 1 amide bonds. The van der Waals surface area contributed by atoms with Crippen LogP contribution in [0.3, 0.4) is 0 Å². The quantitative estimate of drug-likeness (QED) is 0.676. The van der Waals surface area contributed by atoms with Gasteiger partial charge in [-0.15, -0.1) is 0 Å². The second-order valence-corrected chi connectivity index (χ2v) is 6.19. The predicted molar refractivity (Wildman–Crippen MR) is 101 cm³/mol. The van der Waals surface area contributed by atoms with Crippen molar-refractivity contribution < 1.29 is 9.21 Å². The first-order valence-electron chi connectivity index (χ1n) is 8.80. The van der Waals surface area contributed by atoms with Gasteiger partial charge in [0.25, 0.3) is 5.91 Å². The highest BCUT2D eigenvalue weighted by Crippen LogP contribution is 2.22. The van der Waals surface area contributed by atoms with Crippen LogP contribution in [0.5, 0.6) is 0 Å². The van der Waals surface area contributed by atoms with Crippen LogP contribution < -0.4 is 11.1 Å². The van der Waals surface area contributed by atoms with Crippen LogP contribution >= 0.6 is 0 Å². The molecule has 1 heterocycles. The Bertz CT molecular complexity index is 791. The second-order valence-electron chi connectivity index (χ2n) is 6.19. The van der Waals surface area contributed by atoms with Gasteiger partial charge in [0.05, 0.1) is 12.1 Å².